The first-order valence-electron chi connectivity index (χ1n) is 6.77. The number of thiazole rings is 1. The highest BCUT2D eigenvalue weighted by Crippen LogP contribution is 2.22. The molecule has 0 aromatic carbocycles. The number of hydrogen-bond donors (Lipinski definition) is 1. The summed E-state index contributed by atoms with van der Waals surface area (Å²) in [6.45, 7) is 1.20. The van der Waals surface area contributed by atoms with E-state index in [0.29, 0.717) is 11.7 Å². The van der Waals surface area contributed by atoms with Gasteiger partial charge in [0, 0.05) is 24.7 Å². The molecule has 0 spiro atoms. The zero-order valence-electron chi connectivity index (χ0n) is 11.3. The maximum atomic E-state index is 12.3. The largest absolute Gasteiger partial charge is 0.337 e. The zero-order valence-corrected chi connectivity index (χ0v) is 13.0. The molecule has 110 valence electrons. The van der Waals surface area contributed by atoms with Crippen molar-refractivity contribution in [3.05, 3.63) is 34.0 Å². The SMILES string of the molecule is O=C(Nc1nccs1)[C@@H]1CCCN(C(=O)c2cccs2)C1. The van der Waals surface area contributed by atoms with Crippen molar-refractivity contribution >= 4 is 39.6 Å². The fourth-order valence-electron chi connectivity index (χ4n) is 2.42. The van der Waals surface area contributed by atoms with Crippen molar-refractivity contribution in [2.24, 2.45) is 5.92 Å². The third-order valence-corrected chi connectivity index (χ3v) is 5.02. The van der Waals surface area contributed by atoms with Gasteiger partial charge < -0.3 is 10.2 Å². The van der Waals surface area contributed by atoms with Crippen LogP contribution in [-0.2, 0) is 4.79 Å². The average Bonchev–Trinajstić information content (AvgIpc) is 3.20. The second-order valence-corrected chi connectivity index (χ2v) is 6.74. The molecule has 5 nitrogen and oxygen atoms in total. The summed E-state index contributed by atoms with van der Waals surface area (Å²) in [7, 11) is 0. The molecule has 3 heterocycles. The quantitative estimate of drug-likeness (QED) is 0.945. The Balaban J connectivity index is 1.63. The van der Waals surface area contributed by atoms with Crippen LogP contribution in [0.3, 0.4) is 0 Å². The van der Waals surface area contributed by atoms with Gasteiger partial charge in [0.25, 0.3) is 5.91 Å². The van der Waals surface area contributed by atoms with Crippen LogP contribution < -0.4 is 5.32 Å². The van der Waals surface area contributed by atoms with Gasteiger partial charge in [-0.25, -0.2) is 4.98 Å². The lowest BCUT2D eigenvalue weighted by atomic mass is 9.97. The number of aromatic nitrogens is 1. The summed E-state index contributed by atoms with van der Waals surface area (Å²) < 4.78 is 0. The summed E-state index contributed by atoms with van der Waals surface area (Å²) in [6.07, 6.45) is 3.33. The smallest absolute Gasteiger partial charge is 0.263 e. The van der Waals surface area contributed by atoms with Gasteiger partial charge in [0.05, 0.1) is 10.8 Å². The maximum Gasteiger partial charge on any atom is 0.263 e. The van der Waals surface area contributed by atoms with Crippen LogP contribution in [0.15, 0.2) is 29.1 Å². The molecule has 7 heteroatoms. The molecule has 1 aliphatic rings. The van der Waals surface area contributed by atoms with Crippen LogP contribution in [0.4, 0.5) is 5.13 Å². The Hall–Kier alpha value is -1.73. The normalized spacial score (nSPS) is 18.5. The minimum absolute atomic E-state index is 0.0248. The summed E-state index contributed by atoms with van der Waals surface area (Å²) in [6, 6.07) is 3.70. The third-order valence-electron chi connectivity index (χ3n) is 3.47. The van der Waals surface area contributed by atoms with E-state index in [4.69, 9.17) is 0 Å². The Kier molecular flexibility index (Phi) is 4.31. The zero-order chi connectivity index (χ0) is 14.7. The Bertz CT molecular complexity index is 610. The van der Waals surface area contributed by atoms with E-state index in [9.17, 15) is 9.59 Å². The summed E-state index contributed by atoms with van der Waals surface area (Å²) in [4.78, 5) is 31.1. The Morgan fingerprint density at radius 3 is 2.95 bits per heavy atom. The second kappa shape index (κ2) is 6.36. The number of anilines is 1. The van der Waals surface area contributed by atoms with E-state index in [-0.39, 0.29) is 17.7 Å². The molecule has 1 saturated heterocycles. The fraction of sp³-hybridized carbons (Fsp3) is 0.357. The molecule has 1 fully saturated rings. The van der Waals surface area contributed by atoms with Crippen molar-refractivity contribution in [1.29, 1.82) is 0 Å². The molecular weight excluding hydrogens is 306 g/mol. The van der Waals surface area contributed by atoms with E-state index in [0.717, 1.165) is 24.3 Å². The van der Waals surface area contributed by atoms with E-state index in [1.54, 1.807) is 11.1 Å². The summed E-state index contributed by atoms with van der Waals surface area (Å²) in [5.41, 5.74) is 0. The number of likely N-dealkylation sites (tertiary alicyclic amines) is 1. The number of nitrogens with zero attached hydrogens (tertiary/aromatic N) is 2. The minimum Gasteiger partial charge on any atom is -0.337 e. The van der Waals surface area contributed by atoms with Gasteiger partial charge in [0.2, 0.25) is 5.91 Å². The molecule has 1 atom stereocenters. The van der Waals surface area contributed by atoms with Gasteiger partial charge in [-0.1, -0.05) is 6.07 Å². The topological polar surface area (TPSA) is 62.3 Å². The van der Waals surface area contributed by atoms with Gasteiger partial charge in [-0.3, -0.25) is 9.59 Å². The van der Waals surface area contributed by atoms with Crippen molar-refractivity contribution in [3.8, 4) is 0 Å². The molecule has 0 radical (unpaired) electrons. The van der Waals surface area contributed by atoms with Crippen LogP contribution in [0.5, 0.6) is 0 Å². The van der Waals surface area contributed by atoms with E-state index >= 15 is 0 Å². The maximum absolute atomic E-state index is 12.3. The molecule has 2 aromatic heterocycles. The number of piperidine rings is 1. The molecule has 21 heavy (non-hydrogen) atoms. The second-order valence-electron chi connectivity index (χ2n) is 4.89. The number of amides is 2. The first kappa shape index (κ1) is 14.2. The van der Waals surface area contributed by atoms with Crippen LogP contribution in [0.1, 0.15) is 22.5 Å². The molecule has 0 aliphatic carbocycles. The molecule has 0 bridgehead atoms. The monoisotopic (exact) mass is 321 g/mol. The van der Waals surface area contributed by atoms with Gasteiger partial charge in [0.15, 0.2) is 5.13 Å². The summed E-state index contributed by atoms with van der Waals surface area (Å²) in [5.74, 6) is -0.183. The van der Waals surface area contributed by atoms with Crippen molar-refractivity contribution in [3.63, 3.8) is 0 Å². The van der Waals surface area contributed by atoms with E-state index in [2.05, 4.69) is 10.3 Å². The van der Waals surface area contributed by atoms with Crippen molar-refractivity contribution in [1.82, 2.24) is 9.88 Å². The third kappa shape index (κ3) is 3.30. The Morgan fingerprint density at radius 1 is 1.33 bits per heavy atom. The number of nitrogens with one attached hydrogen (secondary N) is 1. The van der Waals surface area contributed by atoms with Crippen LogP contribution >= 0.6 is 22.7 Å². The summed E-state index contributed by atoms with van der Waals surface area (Å²) in [5, 5.41) is 7.15. The fourth-order valence-corrected chi connectivity index (χ4v) is 3.65. The van der Waals surface area contributed by atoms with Gasteiger partial charge in [-0.05, 0) is 24.3 Å². The Morgan fingerprint density at radius 2 is 2.24 bits per heavy atom. The minimum atomic E-state index is -0.161. The molecule has 3 rings (SSSR count). The van der Waals surface area contributed by atoms with Gasteiger partial charge >= 0.3 is 0 Å². The predicted molar refractivity (Wildman–Crippen MR) is 83.7 cm³/mol. The van der Waals surface area contributed by atoms with E-state index < -0.39 is 0 Å². The molecular formula is C14H15N3O2S2. The van der Waals surface area contributed by atoms with Crippen molar-refractivity contribution in [2.75, 3.05) is 18.4 Å². The van der Waals surface area contributed by atoms with Crippen LogP contribution in [0.25, 0.3) is 0 Å². The summed E-state index contributed by atoms with van der Waals surface area (Å²) >= 11 is 2.84. The van der Waals surface area contributed by atoms with Crippen molar-refractivity contribution < 1.29 is 9.59 Å². The Labute approximate surface area is 130 Å². The van der Waals surface area contributed by atoms with E-state index in [1.165, 1.54) is 22.7 Å². The highest BCUT2D eigenvalue weighted by atomic mass is 32.1. The predicted octanol–water partition coefficient (Wildman–Crippen LogP) is 2.70. The van der Waals surface area contributed by atoms with Crippen LogP contribution in [0, 0.1) is 5.92 Å². The molecule has 0 saturated carbocycles. The van der Waals surface area contributed by atoms with Crippen LogP contribution in [0.2, 0.25) is 0 Å². The number of hydrogen-bond acceptors (Lipinski definition) is 5. The number of carbonyl (C=O) groups excluding carboxylic acids is 2. The lowest BCUT2D eigenvalue weighted by Gasteiger charge is -2.31. The van der Waals surface area contributed by atoms with E-state index in [1.807, 2.05) is 22.9 Å². The number of carbonyl (C=O) groups is 2. The molecule has 1 N–H and O–H groups in total. The highest BCUT2D eigenvalue weighted by Gasteiger charge is 2.29. The number of thiophene rings is 1. The molecule has 1 aliphatic heterocycles. The average molecular weight is 321 g/mol. The lowest BCUT2D eigenvalue weighted by Crippen LogP contribution is -2.43. The van der Waals surface area contributed by atoms with Gasteiger partial charge in [0.1, 0.15) is 0 Å². The molecule has 2 aromatic rings. The van der Waals surface area contributed by atoms with Crippen molar-refractivity contribution in [2.45, 2.75) is 12.8 Å². The lowest BCUT2D eigenvalue weighted by molar-refractivity contribution is -0.121. The van der Waals surface area contributed by atoms with Gasteiger partial charge in [-0.2, -0.15) is 0 Å². The molecule has 2 amide bonds. The highest BCUT2D eigenvalue weighted by molar-refractivity contribution is 7.13. The molecule has 0 unspecified atom stereocenters. The first-order valence-corrected chi connectivity index (χ1v) is 8.53. The standard InChI is InChI=1S/C14H15N3O2S2/c18-12(16-14-15-5-8-21-14)10-3-1-6-17(9-10)13(19)11-4-2-7-20-11/h2,4-5,7-8,10H,1,3,6,9H2,(H,15,16,18)/t10-/m1/s1. The van der Waals surface area contributed by atoms with Crippen LogP contribution in [-0.4, -0.2) is 34.8 Å². The number of rotatable bonds is 3. The first-order chi connectivity index (χ1) is 10.2. The van der Waals surface area contributed by atoms with Gasteiger partial charge in [-0.15, -0.1) is 22.7 Å².